The van der Waals surface area contributed by atoms with Crippen LogP contribution in [0.2, 0.25) is 0 Å². The van der Waals surface area contributed by atoms with Crippen molar-refractivity contribution in [2.45, 2.75) is 37.5 Å². The second-order valence-electron chi connectivity index (χ2n) is 15.0. The van der Waals surface area contributed by atoms with E-state index in [4.69, 9.17) is 0 Å². The number of nitrogens with zero attached hydrogens (tertiary/aromatic N) is 2. The first-order valence-corrected chi connectivity index (χ1v) is 18.0. The fraction of sp³-hybridized carbons (Fsp3) is 0.217. The highest BCUT2D eigenvalue weighted by molar-refractivity contribution is 6.09. The molecule has 1 heterocycles. The number of hydrogen-bond donors (Lipinski definition) is 0. The Balaban J connectivity index is 1.11. The number of hydrogen-bond acceptors (Lipinski definition) is 1. The smallest absolute Gasteiger partial charge is 0.0543 e. The normalized spacial score (nSPS) is 24.8. The van der Waals surface area contributed by atoms with Gasteiger partial charge in [0.05, 0.1) is 16.7 Å². The molecule has 0 atom stereocenters. The molecule has 4 bridgehead atoms. The Morgan fingerprint density at radius 3 is 1.73 bits per heavy atom. The monoisotopic (exact) mass is 618 g/mol. The minimum atomic E-state index is 0.151. The van der Waals surface area contributed by atoms with E-state index in [0.717, 1.165) is 23.7 Å². The number of aromatic nitrogens is 1. The van der Waals surface area contributed by atoms with Gasteiger partial charge in [0.2, 0.25) is 0 Å². The van der Waals surface area contributed by atoms with Crippen LogP contribution in [0, 0.1) is 23.7 Å². The van der Waals surface area contributed by atoms with E-state index in [-0.39, 0.29) is 5.41 Å². The number of anilines is 3. The van der Waals surface area contributed by atoms with Gasteiger partial charge in [-0.25, -0.2) is 0 Å². The second-order valence-corrected chi connectivity index (χ2v) is 15.0. The van der Waals surface area contributed by atoms with E-state index in [9.17, 15) is 0 Å². The lowest BCUT2D eigenvalue weighted by atomic mass is 9.43. The molecule has 12 rings (SSSR count). The maximum atomic E-state index is 2.51. The highest BCUT2D eigenvalue weighted by atomic mass is 15.1. The molecule has 4 fully saturated rings. The molecule has 0 aliphatic heterocycles. The molecule has 7 aromatic rings. The third-order valence-corrected chi connectivity index (χ3v) is 12.8. The summed E-state index contributed by atoms with van der Waals surface area (Å²) in [6.45, 7) is 0. The van der Waals surface area contributed by atoms with Gasteiger partial charge in [0.15, 0.2) is 0 Å². The van der Waals surface area contributed by atoms with Crippen molar-refractivity contribution in [3.05, 3.63) is 157 Å². The van der Waals surface area contributed by atoms with Gasteiger partial charge in [-0.1, -0.05) is 91.0 Å². The minimum absolute atomic E-state index is 0.151. The molecule has 2 nitrogen and oxygen atoms in total. The zero-order valence-electron chi connectivity index (χ0n) is 27.1. The van der Waals surface area contributed by atoms with Crippen molar-refractivity contribution in [1.29, 1.82) is 0 Å². The molecule has 232 valence electrons. The number of rotatable bonds is 4. The summed E-state index contributed by atoms with van der Waals surface area (Å²) in [7, 11) is 0. The predicted octanol–water partition coefficient (Wildman–Crippen LogP) is 12.0. The fourth-order valence-electron chi connectivity index (χ4n) is 11.3. The van der Waals surface area contributed by atoms with Crippen molar-refractivity contribution in [1.82, 2.24) is 4.57 Å². The highest BCUT2D eigenvalue weighted by Gasteiger charge is 2.61. The Bertz CT molecular complexity index is 2280. The molecule has 5 aliphatic carbocycles. The van der Waals surface area contributed by atoms with Crippen molar-refractivity contribution >= 4 is 38.9 Å². The van der Waals surface area contributed by atoms with E-state index in [1.165, 1.54) is 87.8 Å². The lowest BCUT2D eigenvalue weighted by Gasteiger charge is -2.61. The quantitative estimate of drug-likeness (QED) is 0.190. The average molecular weight is 619 g/mol. The average Bonchev–Trinajstić information content (AvgIpc) is 3.63. The van der Waals surface area contributed by atoms with Crippen LogP contribution in [-0.2, 0) is 5.41 Å². The first-order chi connectivity index (χ1) is 23.8. The summed E-state index contributed by atoms with van der Waals surface area (Å²) in [5.41, 5.74) is 13.6. The molecule has 1 spiro atoms. The van der Waals surface area contributed by atoms with E-state index < -0.39 is 0 Å². The molecule has 0 radical (unpaired) electrons. The molecule has 4 saturated carbocycles. The van der Waals surface area contributed by atoms with Crippen LogP contribution in [-0.4, -0.2) is 4.57 Å². The fourth-order valence-corrected chi connectivity index (χ4v) is 11.3. The molecule has 0 amide bonds. The predicted molar refractivity (Wildman–Crippen MR) is 199 cm³/mol. The molecule has 1 aromatic heterocycles. The van der Waals surface area contributed by atoms with Crippen LogP contribution in [0.5, 0.6) is 0 Å². The summed E-state index contributed by atoms with van der Waals surface area (Å²) in [5, 5.41) is 2.58. The molecule has 0 N–H and O–H groups in total. The second kappa shape index (κ2) is 9.97. The maximum absolute atomic E-state index is 2.51. The first-order valence-electron chi connectivity index (χ1n) is 18.0. The SMILES string of the molecule is c1ccc(N(c2ccc(-n3c4ccccc4c4ccccc43)cc2)c2cccc3c2-c2ccccc2C32C3CC4CC(C3)CC2C4)cc1. The van der Waals surface area contributed by atoms with Gasteiger partial charge in [0.1, 0.15) is 0 Å². The van der Waals surface area contributed by atoms with Gasteiger partial charge in [-0.05, 0) is 127 Å². The van der Waals surface area contributed by atoms with Gasteiger partial charge in [0.25, 0.3) is 0 Å². The van der Waals surface area contributed by atoms with Crippen LogP contribution < -0.4 is 4.90 Å². The van der Waals surface area contributed by atoms with Gasteiger partial charge in [-0.3, -0.25) is 0 Å². The summed E-state index contributed by atoms with van der Waals surface area (Å²) in [6.07, 6.45) is 7.08. The van der Waals surface area contributed by atoms with Gasteiger partial charge < -0.3 is 9.47 Å². The van der Waals surface area contributed by atoms with Crippen molar-refractivity contribution in [3.63, 3.8) is 0 Å². The lowest BCUT2D eigenvalue weighted by molar-refractivity contribution is -0.0399. The van der Waals surface area contributed by atoms with E-state index >= 15 is 0 Å². The molecular weight excluding hydrogens is 581 g/mol. The molecular formula is C46H38N2. The summed E-state index contributed by atoms with van der Waals surface area (Å²) in [4.78, 5) is 2.51. The van der Waals surface area contributed by atoms with E-state index in [1.54, 1.807) is 11.1 Å². The Morgan fingerprint density at radius 1 is 0.479 bits per heavy atom. The Hall–Kier alpha value is -5.08. The summed E-state index contributed by atoms with van der Waals surface area (Å²) in [6, 6.07) is 54.5. The minimum Gasteiger partial charge on any atom is -0.310 e. The van der Waals surface area contributed by atoms with Crippen LogP contribution in [0.3, 0.4) is 0 Å². The van der Waals surface area contributed by atoms with Crippen molar-refractivity contribution < 1.29 is 0 Å². The van der Waals surface area contributed by atoms with Gasteiger partial charge in [0, 0.05) is 38.8 Å². The van der Waals surface area contributed by atoms with E-state index in [2.05, 4.69) is 155 Å². The summed E-state index contributed by atoms with van der Waals surface area (Å²) < 4.78 is 2.41. The zero-order chi connectivity index (χ0) is 31.4. The zero-order valence-corrected chi connectivity index (χ0v) is 27.1. The molecule has 0 unspecified atom stereocenters. The van der Waals surface area contributed by atoms with Gasteiger partial charge in [-0.2, -0.15) is 0 Å². The van der Waals surface area contributed by atoms with E-state index in [0.29, 0.717) is 0 Å². The van der Waals surface area contributed by atoms with Crippen LogP contribution in [0.4, 0.5) is 17.1 Å². The Kier molecular flexibility index (Phi) is 5.59. The summed E-state index contributed by atoms with van der Waals surface area (Å²) >= 11 is 0. The van der Waals surface area contributed by atoms with Gasteiger partial charge >= 0.3 is 0 Å². The van der Waals surface area contributed by atoms with Crippen LogP contribution in [0.15, 0.2) is 146 Å². The number of benzene rings is 6. The summed E-state index contributed by atoms with van der Waals surface area (Å²) in [5.74, 6) is 3.38. The van der Waals surface area contributed by atoms with Crippen molar-refractivity contribution in [3.8, 4) is 16.8 Å². The first kappa shape index (κ1) is 26.9. The highest BCUT2D eigenvalue weighted by Crippen LogP contribution is 2.70. The van der Waals surface area contributed by atoms with Crippen LogP contribution >= 0.6 is 0 Å². The van der Waals surface area contributed by atoms with Crippen LogP contribution in [0.1, 0.15) is 43.2 Å². The molecule has 5 aliphatic rings. The largest absolute Gasteiger partial charge is 0.310 e. The third kappa shape index (κ3) is 3.53. The third-order valence-electron chi connectivity index (χ3n) is 12.8. The molecule has 0 saturated heterocycles. The standard InChI is InChI=1S/C46H38N2/c1-2-11-34(12-3-1)47(35-21-23-36(24-22-35)48-42-18-8-5-13-37(42)38-14-6-9-19-43(38)48)44-20-10-17-41-45(44)39-15-4-7-16-40(39)46(41)32-26-30-25-31(28-32)29-33(46)27-30/h1-24,30-33H,25-29H2. The van der Waals surface area contributed by atoms with Crippen molar-refractivity contribution in [2.75, 3.05) is 4.90 Å². The Labute approximate surface area is 282 Å². The lowest BCUT2D eigenvalue weighted by Crippen LogP contribution is -2.55. The van der Waals surface area contributed by atoms with Crippen LogP contribution in [0.25, 0.3) is 38.6 Å². The topological polar surface area (TPSA) is 8.17 Å². The molecule has 48 heavy (non-hydrogen) atoms. The maximum Gasteiger partial charge on any atom is 0.0543 e. The number of fused-ring (bicyclic) bond motifs is 6. The van der Waals surface area contributed by atoms with Gasteiger partial charge in [-0.15, -0.1) is 0 Å². The number of para-hydroxylation sites is 3. The van der Waals surface area contributed by atoms with Crippen molar-refractivity contribution in [2.24, 2.45) is 23.7 Å². The van der Waals surface area contributed by atoms with E-state index in [1.807, 2.05) is 0 Å². The Morgan fingerprint density at radius 2 is 1.04 bits per heavy atom. The molecule has 2 heteroatoms. The molecule has 6 aromatic carbocycles.